The second-order valence-corrected chi connectivity index (χ2v) is 7.54. The van der Waals surface area contributed by atoms with Crippen LogP contribution in [-0.2, 0) is 10.2 Å². The van der Waals surface area contributed by atoms with Gasteiger partial charge in [0.05, 0.1) is 11.9 Å². The van der Waals surface area contributed by atoms with Crippen molar-refractivity contribution in [1.29, 1.82) is 0 Å². The Labute approximate surface area is 126 Å². The first-order valence-corrected chi connectivity index (χ1v) is 8.99. The fourth-order valence-corrected chi connectivity index (χ4v) is 3.85. The Balaban J connectivity index is 1.50. The largest absolute Gasteiger partial charge is 0.314 e. The van der Waals surface area contributed by atoms with Crippen LogP contribution >= 0.6 is 0 Å². The number of nitrogens with zero attached hydrogens (tertiary/aromatic N) is 2. The second-order valence-electron chi connectivity index (χ2n) is 5.87. The maximum atomic E-state index is 12.3. The highest BCUT2D eigenvalue weighted by Gasteiger charge is 2.29. The third kappa shape index (κ3) is 4.15. The lowest BCUT2D eigenvalue weighted by Crippen LogP contribution is -2.43. The van der Waals surface area contributed by atoms with Crippen molar-refractivity contribution in [3.05, 3.63) is 24.5 Å². The summed E-state index contributed by atoms with van der Waals surface area (Å²) < 4.78 is 28.7. The van der Waals surface area contributed by atoms with Crippen molar-refractivity contribution in [2.75, 3.05) is 24.4 Å². The van der Waals surface area contributed by atoms with Gasteiger partial charge in [-0.05, 0) is 50.3 Å². The van der Waals surface area contributed by atoms with Crippen LogP contribution in [0.25, 0.3) is 0 Å². The minimum Gasteiger partial charge on any atom is -0.314 e. The van der Waals surface area contributed by atoms with E-state index in [1.165, 1.54) is 23.3 Å². The van der Waals surface area contributed by atoms with E-state index in [2.05, 4.69) is 15.0 Å². The number of hydrogen-bond donors (Lipinski definition) is 2. The van der Waals surface area contributed by atoms with Crippen molar-refractivity contribution in [1.82, 2.24) is 14.6 Å². The zero-order valence-electron chi connectivity index (χ0n) is 12.0. The Morgan fingerprint density at radius 3 is 2.62 bits per heavy atom. The Bertz CT molecular complexity index is 552. The van der Waals surface area contributed by atoms with Crippen molar-refractivity contribution in [2.24, 2.45) is 5.92 Å². The van der Waals surface area contributed by atoms with Gasteiger partial charge in [0.2, 0.25) is 0 Å². The molecule has 21 heavy (non-hydrogen) atoms. The molecule has 2 N–H and O–H groups in total. The highest BCUT2D eigenvalue weighted by atomic mass is 32.2. The summed E-state index contributed by atoms with van der Waals surface area (Å²) in [6, 6.07) is 4.14. The monoisotopic (exact) mass is 310 g/mol. The van der Waals surface area contributed by atoms with Crippen LogP contribution in [0, 0.1) is 5.92 Å². The number of hydrogen-bond acceptors (Lipinski definition) is 4. The van der Waals surface area contributed by atoms with Crippen LogP contribution in [0.4, 0.5) is 5.69 Å². The summed E-state index contributed by atoms with van der Waals surface area (Å²) in [6.45, 7) is 2.20. The van der Waals surface area contributed by atoms with Gasteiger partial charge in [-0.1, -0.05) is 0 Å². The molecule has 1 saturated carbocycles. The molecule has 1 saturated heterocycles. The Morgan fingerprint density at radius 2 is 2.00 bits per heavy atom. The molecule has 1 aromatic rings. The predicted octanol–water partition coefficient (Wildman–Crippen LogP) is 1.20. The third-order valence-electron chi connectivity index (χ3n) is 4.09. The van der Waals surface area contributed by atoms with E-state index in [0.717, 1.165) is 25.4 Å². The van der Waals surface area contributed by atoms with E-state index in [-0.39, 0.29) is 0 Å². The van der Waals surface area contributed by atoms with Crippen LogP contribution in [-0.4, -0.2) is 43.4 Å². The SMILES string of the molecule is O=S(=O)(Nc1cccnc1)N1CCC(CNC2CC2)CC1. The summed E-state index contributed by atoms with van der Waals surface area (Å²) in [5, 5.41) is 3.53. The van der Waals surface area contributed by atoms with Gasteiger partial charge in [0.25, 0.3) is 0 Å². The molecule has 0 unspecified atom stereocenters. The molecule has 2 heterocycles. The Kier molecular flexibility index (Phi) is 4.42. The lowest BCUT2D eigenvalue weighted by Gasteiger charge is -2.31. The molecular formula is C14H22N4O2S. The number of aromatic nitrogens is 1. The van der Waals surface area contributed by atoms with Gasteiger partial charge < -0.3 is 5.32 Å². The van der Waals surface area contributed by atoms with Crippen molar-refractivity contribution >= 4 is 15.9 Å². The molecule has 7 heteroatoms. The summed E-state index contributed by atoms with van der Waals surface area (Å²) in [7, 11) is -3.46. The van der Waals surface area contributed by atoms with Crippen molar-refractivity contribution < 1.29 is 8.42 Å². The highest BCUT2D eigenvalue weighted by Crippen LogP contribution is 2.23. The standard InChI is InChI=1S/C14H22N4O2S/c19-21(20,17-14-2-1-7-15-11-14)18-8-5-12(6-9-18)10-16-13-3-4-13/h1-2,7,11-13,16-17H,3-6,8-10H2. The second kappa shape index (κ2) is 6.29. The summed E-state index contributed by atoms with van der Waals surface area (Å²) in [6.07, 6.45) is 7.58. The van der Waals surface area contributed by atoms with E-state index in [4.69, 9.17) is 0 Å². The van der Waals surface area contributed by atoms with Gasteiger partial charge in [-0.2, -0.15) is 12.7 Å². The van der Waals surface area contributed by atoms with Gasteiger partial charge in [0.15, 0.2) is 0 Å². The minimum absolute atomic E-state index is 0.509. The quantitative estimate of drug-likeness (QED) is 0.828. The van der Waals surface area contributed by atoms with Crippen LogP contribution in [0.1, 0.15) is 25.7 Å². The number of anilines is 1. The molecule has 1 aliphatic carbocycles. The van der Waals surface area contributed by atoms with Gasteiger partial charge in [-0.3, -0.25) is 9.71 Å². The molecule has 0 atom stereocenters. The first-order valence-electron chi connectivity index (χ1n) is 7.55. The average Bonchev–Trinajstić information content (AvgIpc) is 3.30. The number of piperidine rings is 1. The van der Waals surface area contributed by atoms with Crippen molar-refractivity contribution in [3.8, 4) is 0 Å². The van der Waals surface area contributed by atoms with E-state index in [9.17, 15) is 8.42 Å². The van der Waals surface area contributed by atoms with Crippen LogP contribution in [0.2, 0.25) is 0 Å². The Morgan fingerprint density at radius 1 is 1.24 bits per heavy atom. The summed E-state index contributed by atoms with van der Waals surface area (Å²) in [5.41, 5.74) is 0.509. The molecule has 0 radical (unpaired) electrons. The molecule has 1 aliphatic heterocycles. The molecule has 0 aromatic carbocycles. The van der Waals surface area contributed by atoms with Gasteiger partial charge in [0, 0.05) is 25.3 Å². The van der Waals surface area contributed by atoms with E-state index >= 15 is 0 Å². The van der Waals surface area contributed by atoms with Gasteiger partial charge in [-0.15, -0.1) is 0 Å². The minimum atomic E-state index is -3.46. The lowest BCUT2D eigenvalue weighted by atomic mass is 9.98. The van der Waals surface area contributed by atoms with Crippen LogP contribution < -0.4 is 10.0 Å². The van der Waals surface area contributed by atoms with Gasteiger partial charge in [0.1, 0.15) is 0 Å². The molecule has 2 aliphatic rings. The summed E-state index contributed by atoms with van der Waals surface area (Å²) in [4.78, 5) is 3.92. The topological polar surface area (TPSA) is 74.3 Å². The molecule has 0 amide bonds. The maximum absolute atomic E-state index is 12.3. The van der Waals surface area contributed by atoms with Crippen LogP contribution in [0.5, 0.6) is 0 Å². The van der Waals surface area contributed by atoms with Gasteiger partial charge >= 0.3 is 10.2 Å². The molecule has 2 fully saturated rings. The summed E-state index contributed by atoms with van der Waals surface area (Å²) >= 11 is 0. The van der Waals surface area contributed by atoms with E-state index in [0.29, 0.717) is 24.7 Å². The number of nitrogens with one attached hydrogen (secondary N) is 2. The molecule has 6 nitrogen and oxygen atoms in total. The van der Waals surface area contributed by atoms with E-state index < -0.39 is 10.2 Å². The molecular weight excluding hydrogens is 288 g/mol. The fraction of sp³-hybridized carbons (Fsp3) is 0.643. The number of rotatable bonds is 6. The molecule has 0 bridgehead atoms. The maximum Gasteiger partial charge on any atom is 0.301 e. The normalized spacial score (nSPS) is 21.3. The fourth-order valence-electron chi connectivity index (χ4n) is 2.61. The first kappa shape index (κ1) is 14.7. The van der Waals surface area contributed by atoms with Crippen molar-refractivity contribution in [2.45, 2.75) is 31.7 Å². The molecule has 116 valence electrons. The predicted molar refractivity (Wildman–Crippen MR) is 82.1 cm³/mol. The van der Waals surface area contributed by atoms with Crippen LogP contribution in [0.15, 0.2) is 24.5 Å². The zero-order chi connectivity index (χ0) is 14.7. The smallest absolute Gasteiger partial charge is 0.301 e. The highest BCUT2D eigenvalue weighted by molar-refractivity contribution is 7.90. The molecule has 1 aromatic heterocycles. The number of pyridine rings is 1. The zero-order valence-corrected chi connectivity index (χ0v) is 12.8. The van der Waals surface area contributed by atoms with E-state index in [1.807, 2.05) is 0 Å². The van der Waals surface area contributed by atoms with Gasteiger partial charge in [-0.25, -0.2) is 0 Å². The third-order valence-corrected chi connectivity index (χ3v) is 5.63. The van der Waals surface area contributed by atoms with Crippen LogP contribution in [0.3, 0.4) is 0 Å². The summed E-state index contributed by atoms with van der Waals surface area (Å²) in [5.74, 6) is 0.593. The average molecular weight is 310 g/mol. The molecule has 3 rings (SSSR count). The lowest BCUT2D eigenvalue weighted by molar-refractivity contribution is 0.268. The first-order chi connectivity index (χ1) is 10.1. The van der Waals surface area contributed by atoms with E-state index in [1.54, 1.807) is 18.3 Å². The Hall–Kier alpha value is -1.18. The molecule has 0 spiro atoms. The van der Waals surface area contributed by atoms with Crippen molar-refractivity contribution in [3.63, 3.8) is 0 Å².